The summed E-state index contributed by atoms with van der Waals surface area (Å²) in [6, 6.07) is 12.3. The molecule has 0 aliphatic carbocycles. The first kappa shape index (κ1) is 24.5. The molecule has 10 heteroatoms. The van der Waals surface area contributed by atoms with Crippen LogP contribution in [0.4, 0.5) is 13.2 Å². The van der Waals surface area contributed by atoms with Crippen LogP contribution in [-0.4, -0.2) is 33.5 Å². The molecule has 0 spiro atoms. The normalized spacial score (nSPS) is 14.6. The van der Waals surface area contributed by atoms with Crippen LogP contribution in [0.15, 0.2) is 54.7 Å². The van der Waals surface area contributed by atoms with E-state index in [1.807, 2.05) is 0 Å². The fourth-order valence-electron chi connectivity index (χ4n) is 4.05. The molecule has 0 aromatic heterocycles. The number of alkyl halides is 3. The largest absolute Gasteiger partial charge is 0.495 e. The van der Waals surface area contributed by atoms with Crippen molar-refractivity contribution >= 4 is 37.9 Å². The van der Waals surface area contributed by atoms with E-state index in [0.717, 1.165) is 25.6 Å². The van der Waals surface area contributed by atoms with Gasteiger partial charge in [0.05, 0.1) is 24.8 Å². The number of nitrogens with one attached hydrogen (secondary N) is 1. The fourth-order valence-corrected chi connectivity index (χ4v) is 4.84. The van der Waals surface area contributed by atoms with E-state index in [0.29, 0.717) is 21.9 Å². The van der Waals surface area contributed by atoms with Crippen molar-refractivity contribution in [1.29, 1.82) is 0 Å². The third-order valence-corrected chi connectivity index (χ3v) is 6.41. The lowest BCUT2D eigenvalue weighted by Gasteiger charge is -2.20. The number of carbonyl (C=O) groups excluding carboxylic acids is 2. The molecule has 3 aromatic rings. The Hall–Kier alpha value is -3.66. The summed E-state index contributed by atoms with van der Waals surface area (Å²) in [5.74, 6) is -1.65. The summed E-state index contributed by atoms with van der Waals surface area (Å²) in [5.41, 5.74) is 0.0283. The van der Waals surface area contributed by atoms with Crippen LogP contribution in [0.5, 0.6) is 5.75 Å². The SMILES string of the molecule is COc1c(-c2ccc3cc(CS(C)(=O)=O)ccc3c2)cc(C2=CNC(=O)CC2=O)cc1C(F)(F)F. The van der Waals surface area contributed by atoms with Crippen molar-refractivity contribution in [1.82, 2.24) is 5.32 Å². The van der Waals surface area contributed by atoms with Crippen LogP contribution in [0.1, 0.15) is 23.1 Å². The Morgan fingerprint density at radius 3 is 2.29 bits per heavy atom. The molecule has 0 bridgehead atoms. The number of hydrogen-bond acceptors (Lipinski definition) is 5. The lowest BCUT2D eigenvalue weighted by molar-refractivity contribution is -0.138. The van der Waals surface area contributed by atoms with Crippen LogP contribution in [0.25, 0.3) is 27.5 Å². The molecular formula is C25H20F3NO5S. The average molecular weight is 503 g/mol. The van der Waals surface area contributed by atoms with Gasteiger partial charge in [-0.15, -0.1) is 0 Å². The van der Waals surface area contributed by atoms with Crippen molar-refractivity contribution in [3.8, 4) is 16.9 Å². The third-order valence-electron chi connectivity index (χ3n) is 5.55. The zero-order valence-electron chi connectivity index (χ0n) is 18.7. The van der Waals surface area contributed by atoms with Crippen LogP contribution < -0.4 is 10.1 Å². The summed E-state index contributed by atoms with van der Waals surface area (Å²) in [4.78, 5) is 23.9. The molecule has 0 saturated heterocycles. The number of amides is 1. The van der Waals surface area contributed by atoms with Gasteiger partial charge in [-0.2, -0.15) is 13.2 Å². The van der Waals surface area contributed by atoms with Crippen molar-refractivity contribution in [2.75, 3.05) is 13.4 Å². The summed E-state index contributed by atoms with van der Waals surface area (Å²) in [6.45, 7) is 0. The molecule has 0 radical (unpaired) electrons. The number of halogens is 3. The van der Waals surface area contributed by atoms with Gasteiger partial charge in [0.2, 0.25) is 5.91 Å². The van der Waals surface area contributed by atoms with Crippen molar-refractivity contribution in [2.45, 2.75) is 18.3 Å². The monoisotopic (exact) mass is 503 g/mol. The average Bonchev–Trinajstić information content (AvgIpc) is 2.76. The number of ether oxygens (including phenoxy) is 1. The molecule has 6 nitrogen and oxygen atoms in total. The number of sulfone groups is 1. The number of rotatable bonds is 5. The topological polar surface area (TPSA) is 89.5 Å². The lowest BCUT2D eigenvalue weighted by Crippen LogP contribution is -2.27. The Labute approximate surface area is 199 Å². The summed E-state index contributed by atoms with van der Waals surface area (Å²) in [5, 5.41) is 3.77. The van der Waals surface area contributed by atoms with Crippen LogP contribution in [0, 0.1) is 0 Å². The Kier molecular flexibility index (Phi) is 6.18. The molecule has 35 heavy (non-hydrogen) atoms. The van der Waals surface area contributed by atoms with E-state index in [9.17, 15) is 31.2 Å². The molecule has 0 fully saturated rings. The van der Waals surface area contributed by atoms with Crippen molar-refractivity contribution < 1.29 is 35.9 Å². The second-order valence-electron chi connectivity index (χ2n) is 8.29. The van der Waals surface area contributed by atoms with E-state index in [1.165, 1.54) is 6.07 Å². The number of fused-ring (bicyclic) bond motifs is 1. The summed E-state index contributed by atoms with van der Waals surface area (Å²) >= 11 is 0. The van der Waals surface area contributed by atoms with E-state index < -0.39 is 45.4 Å². The van der Waals surface area contributed by atoms with Crippen LogP contribution >= 0.6 is 0 Å². The molecule has 3 aromatic carbocycles. The van der Waals surface area contributed by atoms with Crippen LogP contribution in [0.3, 0.4) is 0 Å². The quantitative estimate of drug-likeness (QED) is 0.518. The van der Waals surface area contributed by atoms with E-state index in [4.69, 9.17) is 4.74 Å². The van der Waals surface area contributed by atoms with E-state index >= 15 is 0 Å². The smallest absolute Gasteiger partial charge is 0.420 e. The molecular weight excluding hydrogens is 483 g/mol. The molecule has 0 unspecified atom stereocenters. The summed E-state index contributed by atoms with van der Waals surface area (Å²) in [7, 11) is -2.09. The zero-order chi connectivity index (χ0) is 25.5. The number of carbonyl (C=O) groups is 2. The number of allylic oxidation sites excluding steroid dienone is 1. The predicted octanol–water partition coefficient (Wildman–Crippen LogP) is 4.51. The highest BCUT2D eigenvalue weighted by Gasteiger charge is 2.37. The molecule has 0 atom stereocenters. The fraction of sp³-hybridized carbons (Fsp3) is 0.200. The highest BCUT2D eigenvalue weighted by atomic mass is 32.2. The Morgan fingerprint density at radius 1 is 0.971 bits per heavy atom. The maximum atomic E-state index is 14.0. The highest BCUT2D eigenvalue weighted by molar-refractivity contribution is 7.89. The minimum absolute atomic E-state index is 0.00159. The first-order chi connectivity index (χ1) is 16.4. The van der Waals surface area contributed by atoms with Crippen molar-refractivity contribution in [2.24, 2.45) is 0 Å². The van der Waals surface area contributed by atoms with Gasteiger partial charge in [0, 0.05) is 23.6 Å². The Balaban J connectivity index is 1.90. The Bertz CT molecular complexity index is 1510. The maximum Gasteiger partial charge on any atom is 0.420 e. The third kappa shape index (κ3) is 5.22. The molecule has 1 aliphatic rings. The van der Waals surface area contributed by atoms with Gasteiger partial charge in [-0.1, -0.05) is 30.3 Å². The summed E-state index contributed by atoms with van der Waals surface area (Å²) in [6.07, 6.45) is -2.98. The van der Waals surface area contributed by atoms with Gasteiger partial charge >= 0.3 is 6.18 Å². The van der Waals surface area contributed by atoms with Crippen molar-refractivity contribution in [3.63, 3.8) is 0 Å². The van der Waals surface area contributed by atoms with Gasteiger partial charge in [-0.25, -0.2) is 8.42 Å². The summed E-state index contributed by atoms with van der Waals surface area (Å²) < 4.78 is 70.3. The zero-order valence-corrected chi connectivity index (χ0v) is 19.5. The molecule has 182 valence electrons. The minimum atomic E-state index is -4.77. The van der Waals surface area contributed by atoms with Gasteiger partial charge in [0.15, 0.2) is 15.6 Å². The first-order valence-electron chi connectivity index (χ1n) is 10.4. The molecule has 1 N–H and O–H groups in total. The van der Waals surface area contributed by atoms with Crippen LogP contribution in [0.2, 0.25) is 0 Å². The molecule has 4 rings (SSSR count). The van der Waals surface area contributed by atoms with E-state index in [-0.39, 0.29) is 22.5 Å². The van der Waals surface area contributed by atoms with Gasteiger partial charge in [0.1, 0.15) is 5.75 Å². The molecule has 1 aliphatic heterocycles. The number of hydrogen-bond donors (Lipinski definition) is 1. The standard InChI is InChI=1S/C25H20F3NO5S/c1-34-24-19(17-6-5-15-7-14(13-35(2,32)33)3-4-16(15)8-17)9-18(10-21(24)25(26,27)28)20-12-29-23(31)11-22(20)30/h3-10,12H,11,13H2,1-2H3,(H,29,31). The minimum Gasteiger partial charge on any atom is -0.495 e. The Morgan fingerprint density at radius 2 is 1.66 bits per heavy atom. The molecule has 0 saturated carbocycles. The number of Topliss-reactive ketones (excluding diaryl/α,β-unsaturated/α-hetero) is 1. The second kappa shape index (κ2) is 8.84. The van der Waals surface area contributed by atoms with Gasteiger partial charge in [-0.3, -0.25) is 9.59 Å². The predicted molar refractivity (Wildman–Crippen MR) is 125 cm³/mol. The van der Waals surface area contributed by atoms with Gasteiger partial charge < -0.3 is 10.1 Å². The van der Waals surface area contributed by atoms with Crippen molar-refractivity contribution in [3.05, 3.63) is 71.4 Å². The number of methoxy groups -OCH3 is 1. The van der Waals surface area contributed by atoms with Gasteiger partial charge in [0.25, 0.3) is 0 Å². The number of benzene rings is 3. The lowest BCUT2D eigenvalue weighted by atomic mass is 9.91. The van der Waals surface area contributed by atoms with Gasteiger partial charge in [-0.05, 0) is 45.7 Å². The molecule has 1 amide bonds. The van der Waals surface area contributed by atoms with E-state index in [2.05, 4.69) is 5.32 Å². The van der Waals surface area contributed by atoms with Crippen LogP contribution in [-0.2, 0) is 31.4 Å². The van der Waals surface area contributed by atoms with E-state index in [1.54, 1.807) is 36.4 Å². The molecule has 1 heterocycles. The highest BCUT2D eigenvalue weighted by Crippen LogP contribution is 2.44. The second-order valence-corrected chi connectivity index (χ2v) is 10.4. The maximum absolute atomic E-state index is 14.0. The number of ketones is 1. The first-order valence-corrected chi connectivity index (χ1v) is 12.4.